The SMILES string of the molecule is COC(=O)NC(C(=O)N1CCCC1c1ncc(C#CC#Cc2cccc3c(-c4cnc(C5CCCN5C(=O)[C@@H](NC(=O)O)C(C)C)[nH]4)cccc23)[nH]1)C(C)C.Cl.Cl. The minimum absolute atomic E-state index is 0. The monoisotopic (exact) mass is 818 g/mol. The fourth-order valence-electron chi connectivity index (χ4n) is 7.40. The Bertz CT molecular complexity index is 2210. The summed E-state index contributed by atoms with van der Waals surface area (Å²) >= 11 is 0. The number of likely N-dealkylation sites (tertiary alicyclic amines) is 2. The number of alkyl carbamates (subject to hydrolysis) is 1. The summed E-state index contributed by atoms with van der Waals surface area (Å²) < 4.78 is 4.73. The van der Waals surface area contributed by atoms with Gasteiger partial charge in [0.1, 0.15) is 29.4 Å². The number of nitrogens with one attached hydrogen (secondary N) is 4. The number of H-pyrrole nitrogens is 2. The Labute approximate surface area is 344 Å². The highest BCUT2D eigenvalue weighted by atomic mass is 35.5. The molecule has 4 atom stereocenters. The van der Waals surface area contributed by atoms with Crippen LogP contribution in [-0.2, 0) is 14.3 Å². The molecule has 3 unspecified atom stereocenters. The topological polar surface area (TPSA) is 186 Å². The molecule has 0 aliphatic carbocycles. The zero-order valence-corrected chi connectivity index (χ0v) is 34.1. The van der Waals surface area contributed by atoms with Crippen LogP contribution in [0.1, 0.15) is 88.4 Å². The number of carbonyl (C=O) groups is 4. The van der Waals surface area contributed by atoms with E-state index in [1.54, 1.807) is 22.2 Å². The first-order valence-corrected chi connectivity index (χ1v) is 18.6. The van der Waals surface area contributed by atoms with Crippen LogP contribution >= 0.6 is 24.8 Å². The number of carboxylic acid groups (broad SMARTS) is 1. The van der Waals surface area contributed by atoms with Gasteiger partial charge < -0.3 is 40.2 Å². The van der Waals surface area contributed by atoms with Gasteiger partial charge in [0.05, 0.1) is 37.3 Å². The number of benzene rings is 2. The molecule has 302 valence electrons. The van der Waals surface area contributed by atoms with E-state index in [0.29, 0.717) is 30.4 Å². The molecule has 5 N–H and O–H groups in total. The normalized spacial score (nSPS) is 17.0. The minimum Gasteiger partial charge on any atom is -0.465 e. The van der Waals surface area contributed by atoms with E-state index in [9.17, 15) is 24.3 Å². The van der Waals surface area contributed by atoms with Gasteiger partial charge in [0.15, 0.2) is 0 Å². The van der Waals surface area contributed by atoms with E-state index in [-0.39, 0.29) is 60.5 Å². The minimum atomic E-state index is -1.22. The number of imidazole rings is 2. The second-order valence-corrected chi connectivity index (χ2v) is 14.5. The number of aromatic nitrogens is 4. The van der Waals surface area contributed by atoms with Crippen molar-refractivity contribution in [2.45, 2.75) is 77.5 Å². The number of nitrogens with zero attached hydrogens (tertiary/aromatic N) is 4. The Morgan fingerprint density at radius 3 is 1.96 bits per heavy atom. The molecule has 2 aliphatic heterocycles. The van der Waals surface area contributed by atoms with Gasteiger partial charge in [-0.2, -0.15) is 0 Å². The molecule has 0 saturated carbocycles. The lowest BCUT2D eigenvalue weighted by molar-refractivity contribution is -0.136. The maximum absolute atomic E-state index is 13.5. The quantitative estimate of drug-likeness (QED) is 0.124. The molecule has 2 aromatic heterocycles. The summed E-state index contributed by atoms with van der Waals surface area (Å²) in [6, 6.07) is 9.79. The van der Waals surface area contributed by atoms with Gasteiger partial charge in [0, 0.05) is 24.2 Å². The summed E-state index contributed by atoms with van der Waals surface area (Å²) in [5.74, 6) is 12.7. The molecule has 0 spiro atoms. The van der Waals surface area contributed by atoms with Crippen LogP contribution in [-0.4, -0.2) is 91.1 Å². The third kappa shape index (κ3) is 9.82. The van der Waals surface area contributed by atoms with Crippen molar-refractivity contribution in [2.24, 2.45) is 11.8 Å². The molecule has 2 aromatic carbocycles. The van der Waals surface area contributed by atoms with Crippen LogP contribution < -0.4 is 10.6 Å². The number of carbonyl (C=O) groups excluding carboxylic acids is 3. The molecule has 14 nitrogen and oxygen atoms in total. The first-order valence-electron chi connectivity index (χ1n) is 18.6. The zero-order chi connectivity index (χ0) is 39.2. The Hall–Kier alpha value is -5.70. The van der Waals surface area contributed by atoms with Crippen LogP contribution in [0.2, 0.25) is 0 Å². The maximum atomic E-state index is 13.5. The summed E-state index contributed by atoms with van der Waals surface area (Å²) in [6.45, 7) is 8.49. The average molecular weight is 820 g/mol. The van der Waals surface area contributed by atoms with Gasteiger partial charge in [0.2, 0.25) is 11.8 Å². The van der Waals surface area contributed by atoms with Crippen molar-refractivity contribution in [3.8, 4) is 34.9 Å². The van der Waals surface area contributed by atoms with Crippen molar-refractivity contribution in [2.75, 3.05) is 20.2 Å². The standard InChI is InChI=1S/C41H46N8O6.2ClH/c1-24(2)34(46-40(52)53)38(50)49-21-11-19-33(49)37-43-23-31(45-37)30-17-9-15-28-26(13-8-16-29(28)30)12-6-7-14-27-22-42-36(44-27)32-18-10-20-48(32)39(51)35(25(3)4)47-41(54)55-5;;/h8-9,13,15-17,22-25,32-35,46H,10-11,18-21H2,1-5H3,(H,42,44)(H,43,45)(H,47,54)(H,52,53);2*1H/t32?,33?,34-,35?;;/m0../s1. The van der Waals surface area contributed by atoms with E-state index in [4.69, 9.17) is 4.74 Å². The predicted molar refractivity (Wildman–Crippen MR) is 220 cm³/mol. The number of fused-ring (bicyclic) bond motifs is 1. The van der Waals surface area contributed by atoms with Gasteiger partial charge in [-0.3, -0.25) is 9.59 Å². The van der Waals surface area contributed by atoms with Crippen molar-refractivity contribution in [1.29, 1.82) is 0 Å². The fourth-order valence-corrected chi connectivity index (χ4v) is 7.40. The molecule has 2 fully saturated rings. The largest absolute Gasteiger partial charge is 0.465 e. The third-order valence-electron chi connectivity index (χ3n) is 10.2. The summed E-state index contributed by atoms with van der Waals surface area (Å²) in [7, 11) is 1.27. The molecule has 4 amide bonds. The van der Waals surface area contributed by atoms with Crippen molar-refractivity contribution in [3.63, 3.8) is 0 Å². The first-order chi connectivity index (χ1) is 26.5. The van der Waals surface area contributed by atoms with Gasteiger partial charge in [-0.05, 0) is 72.1 Å². The number of ether oxygens (including phenoxy) is 1. The van der Waals surface area contributed by atoms with Crippen LogP contribution in [0.5, 0.6) is 0 Å². The third-order valence-corrected chi connectivity index (χ3v) is 10.2. The number of hydrogen-bond acceptors (Lipinski definition) is 7. The Kier molecular flexibility index (Phi) is 15.0. The number of aromatic amines is 2. The van der Waals surface area contributed by atoms with Gasteiger partial charge >= 0.3 is 12.2 Å². The Balaban J connectivity index is 0.00000360. The van der Waals surface area contributed by atoms with E-state index in [0.717, 1.165) is 53.3 Å². The van der Waals surface area contributed by atoms with Crippen molar-refractivity contribution in [3.05, 3.63) is 71.7 Å². The van der Waals surface area contributed by atoms with Crippen LogP contribution in [0.3, 0.4) is 0 Å². The number of hydrogen-bond donors (Lipinski definition) is 5. The lowest BCUT2D eigenvalue weighted by Crippen LogP contribution is -2.51. The van der Waals surface area contributed by atoms with Crippen LogP contribution in [0.15, 0.2) is 48.8 Å². The molecule has 0 radical (unpaired) electrons. The number of methoxy groups -OCH3 is 1. The number of amides is 4. The van der Waals surface area contributed by atoms with E-state index < -0.39 is 24.3 Å². The molecular weight excluding hydrogens is 771 g/mol. The highest BCUT2D eigenvalue weighted by molar-refractivity contribution is 5.99. The molecular formula is C41H48Cl2N8O6. The predicted octanol–water partition coefficient (Wildman–Crippen LogP) is 6.20. The zero-order valence-electron chi connectivity index (χ0n) is 32.4. The van der Waals surface area contributed by atoms with Crippen LogP contribution in [0.25, 0.3) is 22.0 Å². The van der Waals surface area contributed by atoms with Gasteiger partial charge in [-0.25, -0.2) is 19.6 Å². The lowest BCUT2D eigenvalue weighted by Gasteiger charge is -2.29. The summed E-state index contributed by atoms with van der Waals surface area (Å²) in [6.07, 6.45) is 4.60. The van der Waals surface area contributed by atoms with Gasteiger partial charge in [0.25, 0.3) is 0 Å². The fraction of sp³-hybridized carbons (Fsp3) is 0.415. The molecule has 0 bridgehead atoms. The molecule has 4 aromatic rings. The second-order valence-electron chi connectivity index (χ2n) is 14.5. The molecule has 57 heavy (non-hydrogen) atoms. The second kappa shape index (κ2) is 19.4. The molecule has 4 heterocycles. The summed E-state index contributed by atoms with van der Waals surface area (Å²) in [4.78, 5) is 69.6. The van der Waals surface area contributed by atoms with Crippen molar-refractivity contribution in [1.82, 2.24) is 40.4 Å². The maximum Gasteiger partial charge on any atom is 0.407 e. The molecule has 16 heteroatoms. The van der Waals surface area contributed by atoms with E-state index in [1.165, 1.54) is 7.11 Å². The first kappa shape index (κ1) is 44.0. The highest BCUT2D eigenvalue weighted by Gasteiger charge is 2.38. The molecule has 2 saturated heterocycles. The van der Waals surface area contributed by atoms with E-state index in [2.05, 4.69) is 54.3 Å². The number of halogens is 2. The highest BCUT2D eigenvalue weighted by Crippen LogP contribution is 2.35. The Morgan fingerprint density at radius 1 is 0.789 bits per heavy atom. The van der Waals surface area contributed by atoms with Crippen molar-refractivity contribution >= 4 is 59.6 Å². The lowest BCUT2D eigenvalue weighted by atomic mass is 9.99. The molecule has 2 aliphatic rings. The summed E-state index contributed by atoms with van der Waals surface area (Å²) in [5.41, 5.74) is 3.11. The Morgan fingerprint density at radius 2 is 1.35 bits per heavy atom. The van der Waals surface area contributed by atoms with Crippen molar-refractivity contribution < 1.29 is 29.0 Å². The van der Waals surface area contributed by atoms with E-state index >= 15 is 0 Å². The van der Waals surface area contributed by atoms with Gasteiger partial charge in [-0.15, -0.1) is 24.8 Å². The van der Waals surface area contributed by atoms with Crippen LogP contribution in [0, 0.1) is 35.5 Å². The van der Waals surface area contributed by atoms with E-state index in [1.807, 2.05) is 64.1 Å². The number of rotatable bonds is 9. The average Bonchev–Trinajstić information content (AvgIpc) is 4.00. The van der Waals surface area contributed by atoms with Crippen LogP contribution in [0.4, 0.5) is 9.59 Å². The summed E-state index contributed by atoms with van der Waals surface area (Å²) in [5, 5.41) is 16.3. The van der Waals surface area contributed by atoms with Gasteiger partial charge in [-0.1, -0.05) is 63.9 Å². The molecule has 6 rings (SSSR count). The smallest absolute Gasteiger partial charge is 0.407 e.